The quantitative estimate of drug-likeness (QED) is 0.635. The SMILES string of the molecule is CC(=N/C(=N/S(=O)(=O)c1ccc(C)cc1)c1ccccc1)N(C)C. The summed E-state index contributed by atoms with van der Waals surface area (Å²) in [7, 11) is -0.147. The lowest BCUT2D eigenvalue weighted by molar-refractivity contribution is 0.598. The predicted molar refractivity (Wildman–Crippen MR) is 98.1 cm³/mol. The van der Waals surface area contributed by atoms with E-state index in [1.807, 2.05) is 39.2 Å². The molecule has 0 bridgehead atoms. The molecule has 6 heteroatoms. The summed E-state index contributed by atoms with van der Waals surface area (Å²) in [5, 5.41) is 0. The molecule has 24 heavy (non-hydrogen) atoms. The molecule has 0 atom stereocenters. The molecule has 0 radical (unpaired) electrons. The Morgan fingerprint density at radius 3 is 2.08 bits per heavy atom. The average molecular weight is 343 g/mol. The summed E-state index contributed by atoms with van der Waals surface area (Å²) in [6.45, 7) is 3.71. The fraction of sp³-hybridized carbons (Fsp3) is 0.222. The van der Waals surface area contributed by atoms with Gasteiger partial charge in [0.25, 0.3) is 10.0 Å². The molecule has 0 saturated heterocycles. The zero-order valence-corrected chi connectivity index (χ0v) is 15.1. The van der Waals surface area contributed by atoms with E-state index < -0.39 is 10.0 Å². The van der Waals surface area contributed by atoms with E-state index in [1.165, 1.54) is 0 Å². The van der Waals surface area contributed by atoms with Crippen LogP contribution in [0.1, 0.15) is 18.1 Å². The van der Waals surface area contributed by atoms with Crippen molar-refractivity contribution in [3.8, 4) is 0 Å². The van der Waals surface area contributed by atoms with Gasteiger partial charge in [-0.2, -0.15) is 8.42 Å². The van der Waals surface area contributed by atoms with Gasteiger partial charge in [0.1, 0.15) is 5.84 Å². The monoisotopic (exact) mass is 343 g/mol. The van der Waals surface area contributed by atoms with Crippen LogP contribution in [0.15, 0.2) is 68.9 Å². The lowest BCUT2D eigenvalue weighted by atomic mass is 10.2. The smallest absolute Gasteiger partial charge is 0.284 e. The van der Waals surface area contributed by atoms with Gasteiger partial charge in [0, 0.05) is 19.7 Å². The minimum atomic E-state index is -3.83. The molecule has 0 aliphatic rings. The van der Waals surface area contributed by atoms with Gasteiger partial charge in [0.05, 0.1) is 4.90 Å². The van der Waals surface area contributed by atoms with Gasteiger partial charge in [-0.05, 0) is 26.0 Å². The van der Waals surface area contributed by atoms with Crippen LogP contribution in [0.4, 0.5) is 0 Å². The van der Waals surface area contributed by atoms with E-state index in [-0.39, 0.29) is 10.7 Å². The van der Waals surface area contributed by atoms with E-state index in [0.29, 0.717) is 11.4 Å². The second-order valence-corrected chi connectivity index (χ2v) is 7.23. The Balaban J connectivity index is 2.56. The standard InChI is InChI=1S/C18H21N3O2S/c1-14-10-12-17(13-11-14)24(22,23)20-18(19-15(2)21(3)4)16-8-6-5-7-9-16/h5-13H,1-4H3/b19-15?,20-18+. The van der Waals surface area contributed by atoms with Crippen molar-refractivity contribution in [1.29, 1.82) is 0 Å². The topological polar surface area (TPSA) is 62.1 Å². The van der Waals surface area contributed by atoms with E-state index in [0.717, 1.165) is 5.56 Å². The van der Waals surface area contributed by atoms with E-state index >= 15 is 0 Å². The van der Waals surface area contributed by atoms with Crippen molar-refractivity contribution in [2.24, 2.45) is 9.39 Å². The highest BCUT2D eigenvalue weighted by molar-refractivity contribution is 7.90. The van der Waals surface area contributed by atoms with Gasteiger partial charge >= 0.3 is 0 Å². The van der Waals surface area contributed by atoms with E-state index in [2.05, 4.69) is 9.39 Å². The maximum atomic E-state index is 12.6. The molecule has 0 aromatic heterocycles. The lowest BCUT2D eigenvalue weighted by Crippen LogP contribution is -2.20. The first kappa shape index (κ1) is 17.9. The summed E-state index contributed by atoms with van der Waals surface area (Å²) in [5.41, 5.74) is 1.64. The Morgan fingerprint density at radius 2 is 1.54 bits per heavy atom. The van der Waals surface area contributed by atoms with Crippen molar-refractivity contribution in [2.45, 2.75) is 18.7 Å². The highest BCUT2D eigenvalue weighted by Crippen LogP contribution is 2.15. The van der Waals surface area contributed by atoms with Gasteiger partial charge < -0.3 is 4.90 Å². The Morgan fingerprint density at radius 1 is 0.958 bits per heavy atom. The molecule has 5 nitrogen and oxygen atoms in total. The molecule has 0 amide bonds. The van der Waals surface area contributed by atoms with Gasteiger partial charge in [0.15, 0.2) is 5.84 Å². The lowest BCUT2D eigenvalue weighted by Gasteiger charge is -2.12. The maximum Gasteiger partial charge on any atom is 0.284 e. The Kier molecular flexibility index (Phi) is 5.51. The Labute approximate surface area is 143 Å². The molecule has 0 saturated carbocycles. The molecule has 126 valence electrons. The van der Waals surface area contributed by atoms with Crippen molar-refractivity contribution in [1.82, 2.24) is 4.90 Å². The van der Waals surface area contributed by atoms with Crippen LogP contribution in [0.25, 0.3) is 0 Å². The molecule has 0 aliphatic heterocycles. The molecule has 2 aromatic rings. The Hall–Kier alpha value is -2.47. The highest BCUT2D eigenvalue weighted by Gasteiger charge is 2.15. The number of nitrogens with zero attached hydrogens (tertiary/aromatic N) is 3. The van der Waals surface area contributed by atoms with Crippen LogP contribution in [-0.2, 0) is 10.0 Å². The van der Waals surface area contributed by atoms with Crippen molar-refractivity contribution >= 4 is 21.7 Å². The molecule has 0 unspecified atom stereocenters. The summed E-state index contributed by atoms with van der Waals surface area (Å²) >= 11 is 0. The molecule has 0 heterocycles. The van der Waals surface area contributed by atoms with E-state index in [4.69, 9.17) is 0 Å². The number of sulfonamides is 1. The first-order chi connectivity index (χ1) is 11.3. The predicted octanol–water partition coefficient (Wildman–Crippen LogP) is 3.11. The van der Waals surface area contributed by atoms with Gasteiger partial charge in [-0.1, -0.05) is 48.0 Å². The van der Waals surface area contributed by atoms with Gasteiger partial charge in [-0.15, -0.1) is 4.40 Å². The van der Waals surface area contributed by atoms with Gasteiger partial charge in [0.2, 0.25) is 0 Å². The van der Waals surface area contributed by atoms with Crippen LogP contribution in [0.3, 0.4) is 0 Å². The normalized spacial score (nSPS) is 13.0. The van der Waals surface area contributed by atoms with Crippen molar-refractivity contribution in [3.63, 3.8) is 0 Å². The summed E-state index contributed by atoms with van der Waals surface area (Å²) in [4.78, 5) is 6.34. The van der Waals surface area contributed by atoms with Crippen LogP contribution in [-0.4, -0.2) is 39.1 Å². The van der Waals surface area contributed by atoms with Gasteiger partial charge in [-0.3, -0.25) is 0 Å². The van der Waals surface area contributed by atoms with Crippen LogP contribution < -0.4 is 0 Å². The molecule has 0 spiro atoms. The van der Waals surface area contributed by atoms with Crippen molar-refractivity contribution < 1.29 is 8.42 Å². The zero-order chi connectivity index (χ0) is 17.7. The molecular formula is C18H21N3O2S. The van der Waals surface area contributed by atoms with E-state index in [9.17, 15) is 8.42 Å². The van der Waals surface area contributed by atoms with Crippen LogP contribution in [0.5, 0.6) is 0 Å². The summed E-state index contributed by atoms with van der Waals surface area (Å²) in [5.74, 6) is 0.832. The summed E-state index contributed by atoms with van der Waals surface area (Å²) in [6, 6.07) is 15.7. The number of amidine groups is 2. The number of rotatable bonds is 3. The van der Waals surface area contributed by atoms with Crippen molar-refractivity contribution in [3.05, 3.63) is 65.7 Å². The molecule has 2 aromatic carbocycles. The number of hydrogen-bond acceptors (Lipinski definition) is 2. The second kappa shape index (κ2) is 7.40. The van der Waals surface area contributed by atoms with E-state index in [1.54, 1.807) is 48.2 Å². The minimum Gasteiger partial charge on any atom is -0.366 e. The maximum absolute atomic E-state index is 12.6. The second-order valence-electron chi connectivity index (χ2n) is 5.62. The van der Waals surface area contributed by atoms with Gasteiger partial charge in [-0.25, -0.2) is 4.99 Å². The van der Waals surface area contributed by atoms with Crippen LogP contribution in [0.2, 0.25) is 0 Å². The largest absolute Gasteiger partial charge is 0.366 e. The third-order valence-corrected chi connectivity index (χ3v) is 4.75. The number of aryl methyl sites for hydroxylation is 1. The average Bonchev–Trinajstić information content (AvgIpc) is 2.55. The van der Waals surface area contributed by atoms with Crippen LogP contribution in [0, 0.1) is 6.92 Å². The molecular weight excluding hydrogens is 322 g/mol. The summed E-state index contributed by atoms with van der Waals surface area (Å²) < 4.78 is 29.2. The molecule has 0 fully saturated rings. The fourth-order valence-electron chi connectivity index (χ4n) is 1.85. The fourth-order valence-corrected chi connectivity index (χ4v) is 2.81. The van der Waals surface area contributed by atoms with Crippen LogP contribution >= 0.6 is 0 Å². The third-order valence-electron chi connectivity index (χ3n) is 3.47. The third kappa shape index (κ3) is 4.52. The first-order valence-electron chi connectivity index (χ1n) is 7.49. The molecule has 0 N–H and O–H groups in total. The molecule has 2 rings (SSSR count). The number of aliphatic imine (C=N–C) groups is 1. The summed E-state index contributed by atoms with van der Waals surface area (Å²) in [6.07, 6.45) is 0. The Bertz CT molecular complexity index is 853. The highest BCUT2D eigenvalue weighted by atomic mass is 32.2. The minimum absolute atomic E-state index is 0.152. The number of hydrogen-bond donors (Lipinski definition) is 0. The molecule has 0 aliphatic carbocycles. The zero-order valence-electron chi connectivity index (χ0n) is 14.3. The van der Waals surface area contributed by atoms with Crippen molar-refractivity contribution in [2.75, 3.05) is 14.1 Å². The number of benzene rings is 2. The first-order valence-corrected chi connectivity index (χ1v) is 8.93.